The molecule has 0 bridgehead atoms. The Kier molecular flexibility index (Phi) is 36.8. The fraction of sp³-hybridized carbons (Fsp3) is 0.925. The summed E-state index contributed by atoms with van der Waals surface area (Å²) in [4.78, 5) is 17.6. The van der Waals surface area contributed by atoms with Gasteiger partial charge in [0.15, 0.2) is 0 Å². The van der Waals surface area contributed by atoms with Gasteiger partial charge >= 0.3 is 0 Å². The molecule has 0 rings (SSSR count). The molecule has 0 spiro atoms. The Morgan fingerprint density at radius 3 is 1.24 bits per heavy atom. The van der Waals surface area contributed by atoms with Gasteiger partial charge in [0.25, 0.3) is 0 Å². The van der Waals surface area contributed by atoms with E-state index >= 15 is 0 Å². The third-order valence-electron chi connectivity index (χ3n) is 9.40. The van der Waals surface area contributed by atoms with Crippen molar-refractivity contribution in [2.24, 2.45) is 5.90 Å². The molecule has 0 aliphatic carbocycles. The summed E-state index contributed by atoms with van der Waals surface area (Å²) < 4.78 is 0. The predicted molar refractivity (Wildman–Crippen MR) is 196 cm³/mol. The lowest BCUT2D eigenvalue weighted by molar-refractivity contribution is -0.123. The van der Waals surface area contributed by atoms with Crippen molar-refractivity contribution in [1.82, 2.24) is 5.32 Å². The molecule has 0 radical (unpaired) electrons. The molecule has 2 atom stereocenters. The highest BCUT2D eigenvalue weighted by molar-refractivity contribution is 5.76. The zero-order valence-electron chi connectivity index (χ0n) is 30.5. The Labute approximate surface area is 281 Å². The first kappa shape index (κ1) is 44.1. The van der Waals surface area contributed by atoms with Crippen LogP contribution in [0.5, 0.6) is 0 Å². The maximum Gasteiger partial charge on any atom is 0.220 e. The molecule has 0 aromatic rings. The molecular weight excluding hydrogens is 556 g/mol. The van der Waals surface area contributed by atoms with E-state index in [-0.39, 0.29) is 12.5 Å². The normalized spacial score (nSPS) is 13.1. The zero-order valence-corrected chi connectivity index (χ0v) is 30.5. The van der Waals surface area contributed by atoms with Crippen LogP contribution in [-0.2, 0) is 9.63 Å². The highest BCUT2D eigenvalue weighted by atomic mass is 16.6. The van der Waals surface area contributed by atoms with Gasteiger partial charge in [-0.2, -0.15) is 0 Å². The number of unbranched alkanes of at least 4 members (excludes halogenated alkanes) is 29. The summed E-state index contributed by atoms with van der Waals surface area (Å²) in [5.41, 5.74) is 0. The summed E-state index contributed by atoms with van der Waals surface area (Å²) in [5.74, 6) is 5.48. The number of nitrogens with two attached hydrogens (primary N) is 1. The third-order valence-corrected chi connectivity index (χ3v) is 9.40. The lowest BCUT2D eigenvalue weighted by atomic mass is 10.0. The van der Waals surface area contributed by atoms with Crippen LogP contribution in [0.25, 0.3) is 0 Å². The van der Waals surface area contributed by atoms with Crippen molar-refractivity contribution in [2.45, 2.75) is 231 Å². The van der Waals surface area contributed by atoms with Crippen LogP contribution in [0.3, 0.4) is 0 Å². The average Bonchev–Trinajstić information content (AvgIpc) is 3.05. The van der Waals surface area contributed by atoms with E-state index < -0.39 is 12.1 Å². The summed E-state index contributed by atoms with van der Waals surface area (Å²) in [6.07, 6.45) is 45.2. The van der Waals surface area contributed by atoms with Crippen LogP contribution in [0, 0.1) is 0 Å². The SMILES string of the molecule is CCCCCCCCCCCCC/C=C/C(ON)C(CO)NC(=O)CCCCCCCCCCCCCCCCCCCCC. The van der Waals surface area contributed by atoms with Gasteiger partial charge in [-0.3, -0.25) is 9.63 Å². The van der Waals surface area contributed by atoms with Crippen LogP contribution in [0.15, 0.2) is 12.2 Å². The van der Waals surface area contributed by atoms with Crippen molar-refractivity contribution in [1.29, 1.82) is 0 Å². The first-order valence-corrected chi connectivity index (χ1v) is 20.1. The maximum absolute atomic E-state index is 12.5. The summed E-state index contributed by atoms with van der Waals surface area (Å²) in [6.45, 7) is 4.37. The third kappa shape index (κ3) is 32.8. The molecule has 0 aromatic heterocycles. The average molecular weight is 637 g/mol. The largest absolute Gasteiger partial charge is 0.394 e. The van der Waals surface area contributed by atoms with Gasteiger partial charge in [0.05, 0.1) is 12.6 Å². The number of aliphatic hydroxyl groups is 1. The first-order valence-electron chi connectivity index (χ1n) is 20.1. The van der Waals surface area contributed by atoms with Gasteiger partial charge in [-0.1, -0.05) is 206 Å². The van der Waals surface area contributed by atoms with E-state index in [1.54, 1.807) is 0 Å². The second-order valence-electron chi connectivity index (χ2n) is 13.8. The van der Waals surface area contributed by atoms with Gasteiger partial charge < -0.3 is 10.4 Å². The van der Waals surface area contributed by atoms with E-state index in [1.165, 1.54) is 173 Å². The van der Waals surface area contributed by atoms with Crippen molar-refractivity contribution in [3.63, 3.8) is 0 Å². The smallest absolute Gasteiger partial charge is 0.220 e. The Hall–Kier alpha value is -0.910. The Balaban J connectivity index is 3.65. The molecular formula is C40H80N2O3. The zero-order chi connectivity index (χ0) is 32.9. The molecule has 0 aromatic carbocycles. The van der Waals surface area contributed by atoms with Crippen molar-refractivity contribution in [3.8, 4) is 0 Å². The number of rotatable bonds is 37. The lowest BCUT2D eigenvalue weighted by Crippen LogP contribution is -2.47. The Bertz CT molecular complexity index is 612. The molecule has 0 heterocycles. The Morgan fingerprint density at radius 2 is 0.911 bits per heavy atom. The van der Waals surface area contributed by atoms with Crippen LogP contribution in [0.4, 0.5) is 0 Å². The van der Waals surface area contributed by atoms with Crippen LogP contribution < -0.4 is 11.2 Å². The molecule has 5 nitrogen and oxygen atoms in total. The van der Waals surface area contributed by atoms with E-state index in [4.69, 9.17) is 10.7 Å². The number of nitrogens with one attached hydrogen (secondary N) is 1. The highest BCUT2D eigenvalue weighted by Crippen LogP contribution is 2.16. The van der Waals surface area contributed by atoms with Gasteiger partial charge in [0.1, 0.15) is 6.10 Å². The summed E-state index contributed by atoms with van der Waals surface area (Å²) >= 11 is 0. The van der Waals surface area contributed by atoms with Crippen LogP contribution >= 0.6 is 0 Å². The van der Waals surface area contributed by atoms with Crippen molar-refractivity contribution < 1.29 is 14.7 Å². The minimum Gasteiger partial charge on any atom is -0.394 e. The minimum atomic E-state index is -0.503. The van der Waals surface area contributed by atoms with Crippen LogP contribution in [0.2, 0.25) is 0 Å². The minimum absolute atomic E-state index is 0.0261. The molecule has 0 saturated carbocycles. The van der Waals surface area contributed by atoms with Gasteiger partial charge in [-0.05, 0) is 19.3 Å². The number of aliphatic hydroxyl groups excluding tert-OH is 1. The Morgan fingerprint density at radius 1 is 0.578 bits per heavy atom. The van der Waals surface area contributed by atoms with Gasteiger partial charge in [0.2, 0.25) is 5.91 Å². The van der Waals surface area contributed by atoms with E-state index in [0.29, 0.717) is 6.42 Å². The molecule has 45 heavy (non-hydrogen) atoms. The van der Waals surface area contributed by atoms with Crippen molar-refractivity contribution in [3.05, 3.63) is 12.2 Å². The van der Waals surface area contributed by atoms with E-state index in [1.807, 2.05) is 6.08 Å². The molecule has 2 unspecified atom stereocenters. The van der Waals surface area contributed by atoms with E-state index in [2.05, 4.69) is 25.2 Å². The van der Waals surface area contributed by atoms with Crippen LogP contribution in [0.1, 0.15) is 219 Å². The van der Waals surface area contributed by atoms with E-state index in [9.17, 15) is 9.90 Å². The number of carbonyl (C=O) groups is 1. The van der Waals surface area contributed by atoms with Gasteiger partial charge in [-0.15, -0.1) is 0 Å². The molecule has 0 aliphatic rings. The number of allylic oxidation sites excluding steroid dienone is 1. The lowest BCUT2D eigenvalue weighted by Gasteiger charge is -2.22. The number of carbonyl (C=O) groups excluding carboxylic acids is 1. The first-order chi connectivity index (χ1) is 22.2. The number of hydrogen-bond donors (Lipinski definition) is 3. The molecule has 0 aliphatic heterocycles. The summed E-state index contributed by atoms with van der Waals surface area (Å²) in [5, 5.41) is 12.8. The monoisotopic (exact) mass is 637 g/mol. The standard InChI is InChI=1S/C40H80N2O3/c1-3-5-7-9-11-13-15-17-18-19-20-21-22-24-26-28-30-32-34-36-40(44)42-38(37-43)39(45-41)35-33-31-29-27-25-23-16-14-12-10-8-6-4-2/h33,35,38-39,43H,3-32,34,36-37,41H2,1-2H3,(H,42,44)/b35-33+. The quantitative estimate of drug-likeness (QED) is 0.0360. The molecule has 268 valence electrons. The summed E-state index contributed by atoms with van der Waals surface area (Å²) in [6, 6.07) is -0.503. The van der Waals surface area contributed by atoms with Crippen LogP contribution in [-0.4, -0.2) is 29.8 Å². The molecule has 1 amide bonds. The second-order valence-corrected chi connectivity index (χ2v) is 13.8. The maximum atomic E-state index is 12.5. The van der Waals surface area contributed by atoms with Crippen molar-refractivity contribution >= 4 is 5.91 Å². The predicted octanol–water partition coefficient (Wildman–Crippen LogP) is 11.8. The summed E-state index contributed by atoms with van der Waals surface area (Å²) in [7, 11) is 0. The molecule has 0 saturated heterocycles. The number of hydrogen-bond acceptors (Lipinski definition) is 4. The second kappa shape index (κ2) is 37.5. The van der Waals surface area contributed by atoms with E-state index in [0.717, 1.165) is 25.7 Å². The highest BCUT2D eigenvalue weighted by Gasteiger charge is 2.20. The number of amides is 1. The molecule has 4 N–H and O–H groups in total. The fourth-order valence-electron chi connectivity index (χ4n) is 6.31. The molecule has 0 fully saturated rings. The topological polar surface area (TPSA) is 84.6 Å². The van der Waals surface area contributed by atoms with Gasteiger partial charge in [0, 0.05) is 6.42 Å². The molecule has 5 heteroatoms. The van der Waals surface area contributed by atoms with Crippen molar-refractivity contribution in [2.75, 3.05) is 6.61 Å². The fourth-order valence-corrected chi connectivity index (χ4v) is 6.31. The van der Waals surface area contributed by atoms with Gasteiger partial charge in [-0.25, -0.2) is 5.90 Å².